The molecule has 2 aromatic rings. The van der Waals surface area contributed by atoms with E-state index in [1.54, 1.807) is 7.11 Å². The Hall–Kier alpha value is -2.00. The van der Waals surface area contributed by atoms with Crippen LogP contribution in [0.4, 0.5) is 5.69 Å². The zero-order valence-corrected chi connectivity index (χ0v) is 11.8. The summed E-state index contributed by atoms with van der Waals surface area (Å²) in [6.07, 6.45) is 1.01. The minimum atomic E-state index is 0.573. The smallest absolute Gasteiger partial charge is 0.121 e. The summed E-state index contributed by atoms with van der Waals surface area (Å²) in [4.78, 5) is 0. The van der Waals surface area contributed by atoms with Crippen LogP contribution in [-0.4, -0.2) is 26.9 Å². The molecule has 0 heterocycles. The molecule has 0 saturated heterocycles. The average molecular weight is 271 g/mol. The molecule has 0 aliphatic carbocycles. The van der Waals surface area contributed by atoms with Gasteiger partial charge < -0.3 is 14.8 Å². The maximum absolute atomic E-state index is 5.59. The molecule has 0 radical (unpaired) electrons. The van der Waals surface area contributed by atoms with Crippen molar-refractivity contribution in [2.75, 3.05) is 32.2 Å². The lowest BCUT2D eigenvalue weighted by atomic mass is 10.1. The van der Waals surface area contributed by atoms with Gasteiger partial charge in [-0.25, -0.2) is 0 Å². The Labute approximate surface area is 120 Å². The molecule has 0 saturated carbocycles. The van der Waals surface area contributed by atoms with Crippen LogP contribution < -0.4 is 10.1 Å². The van der Waals surface area contributed by atoms with E-state index in [-0.39, 0.29) is 0 Å². The van der Waals surface area contributed by atoms with E-state index in [9.17, 15) is 0 Å². The molecule has 0 atom stereocenters. The number of methoxy groups -OCH3 is 1. The van der Waals surface area contributed by atoms with Gasteiger partial charge in [-0.1, -0.05) is 36.4 Å². The van der Waals surface area contributed by atoms with E-state index in [1.165, 1.54) is 5.56 Å². The molecular weight excluding hydrogens is 250 g/mol. The third-order valence-electron chi connectivity index (χ3n) is 2.98. The molecule has 0 unspecified atom stereocenters. The first-order valence-electron chi connectivity index (χ1n) is 6.88. The lowest BCUT2D eigenvalue weighted by Gasteiger charge is -2.09. The third-order valence-corrected chi connectivity index (χ3v) is 2.98. The summed E-state index contributed by atoms with van der Waals surface area (Å²) in [5.41, 5.74) is 2.42. The number of nitrogens with one attached hydrogen (secondary N) is 1. The van der Waals surface area contributed by atoms with E-state index >= 15 is 0 Å². The summed E-state index contributed by atoms with van der Waals surface area (Å²) in [6, 6.07) is 18.5. The third kappa shape index (κ3) is 4.94. The van der Waals surface area contributed by atoms with Crippen LogP contribution in [0.5, 0.6) is 5.75 Å². The van der Waals surface area contributed by atoms with Crippen molar-refractivity contribution in [3.63, 3.8) is 0 Å². The molecular formula is C17H21NO2. The van der Waals surface area contributed by atoms with E-state index in [1.807, 2.05) is 30.3 Å². The summed E-state index contributed by atoms with van der Waals surface area (Å²) < 4.78 is 10.6. The van der Waals surface area contributed by atoms with Crippen molar-refractivity contribution < 1.29 is 9.47 Å². The lowest BCUT2D eigenvalue weighted by molar-refractivity contribution is 0.146. The molecule has 3 nitrogen and oxygen atoms in total. The fraction of sp³-hybridized carbons (Fsp3) is 0.294. The largest absolute Gasteiger partial charge is 0.491 e. The van der Waals surface area contributed by atoms with Crippen molar-refractivity contribution in [3.05, 3.63) is 60.2 Å². The van der Waals surface area contributed by atoms with Gasteiger partial charge in [-0.2, -0.15) is 0 Å². The Bertz CT molecular complexity index is 499. The van der Waals surface area contributed by atoms with Gasteiger partial charge in [0.25, 0.3) is 0 Å². The topological polar surface area (TPSA) is 30.5 Å². The Morgan fingerprint density at radius 3 is 2.60 bits per heavy atom. The van der Waals surface area contributed by atoms with Gasteiger partial charge in [0, 0.05) is 25.4 Å². The number of rotatable bonds is 8. The molecule has 3 heteroatoms. The van der Waals surface area contributed by atoms with Gasteiger partial charge in [0.1, 0.15) is 12.4 Å². The predicted molar refractivity (Wildman–Crippen MR) is 82.4 cm³/mol. The lowest BCUT2D eigenvalue weighted by Crippen LogP contribution is -2.06. The van der Waals surface area contributed by atoms with E-state index < -0.39 is 0 Å². The second-order valence-electron chi connectivity index (χ2n) is 4.53. The maximum Gasteiger partial charge on any atom is 0.121 e. The molecule has 2 aromatic carbocycles. The first-order valence-corrected chi connectivity index (χ1v) is 6.88. The zero-order chi connectivity index (χ0) is 14.0. The number of benzene rings is 2. The van der Waals surface area contributed by atoms with Gasteiger partial charge in [-0.15, -0.1) is 0 Å². The molecule has 0 aromatic heterocycles. The normalized spacial score (nSPS) is 10.2. The molecule has 0 aliphatic rings. The van der Waals surface area contributed by atoms with Crippen LogP contribution in [0, 0.1) is 0 Å². The maximum atomic E-state index is 5.59. The van der Waals surface area contributed by atoms with Crippen LogP contribution in [0.2, 0.25) is 0 Å². The molecule has 0 amide bonds. The monoisotopic (exact) mass is 271 g/mol. The van der Waals surface area contributed by atoms with E-state index in [4.69, 9.17) is 9.47 Å². The summed E-state index contributed by atoms with van der Waals surface area (Å²) >= 11 is 0. The first-order chi connectivity index (χ1) is 9.88. The van der Waals surface area contributed by atoms with Crippen LogP contribution in [0.25, 0.3) is 0 Å². The van der Waals surface area contributed by atoms with Crippen LogP contribution in [0.1, 0.15) is 5.56 Å². The van der Waals surface area contributed by atoms with Gasteiger partial charge in [0.05, 0.1) is 6.61 Å². The van der Waals surface area contributed by atoms with Gasteiger partial charge in [-0.05, 0) is 24.1 Å². The summed E-state index contributed by atoms with van der Waals surface area (Å²) in [5.74, 6) is 0.867. The highest BCUT2D eigenvalue weighted by Crippen LogP contribution is 2.17. The average Bonchev–Trinajstić information content (AvgIpc) is 2.49. The second kappa shape index (κ2) is 8.23. The van der Waals surface area contributed by atoms with Crippen molar-refractivity contribution >= 4 is 5.69 Å². The standard InChI is InChI=1S/C17H21NO2/c1-19-12-13-20-17-9-5-8-16(14-17)18-11-10-15-6-3-2-4-7-15/h2-9,14,18H,10-13H2,1H3. The van der Waals surface area contributed by atoms with Crippen molar-refractivity contribution in [3.8, 4) is 5.75 Å². The number of ether oxygens (including phenoxy) is 2. The van der Waals surface area contributed by atoms with Crippen molar-refractivity contribution in [1.29, 1.82) is 0 Å². The van der Waals surface area contributed by atoms with Crippen LogP contribution >= 0.6 is 0 Å². The Kier molecular flexibility index (Phi) is 5.93. The summed E-state index contributed by atoms with van der Waals surface area (Å²) in [5, 5.41) is 3.41. The van der Waals surface area contributed by atoms with Crippen molar-refractivity contribution in [1.82, 2.24) is 0 Å². The molecule has 0 spiro atoms. The Morgan fingerprint density at radius 1 is 0.950 bits per heavy atom. The zero-order valence-electron chi connectivity index (χ0n) is 11.8. The molecule has 2 rings (SSSR count). The van der Waals surface area contributed by atoms with Gasteiger partial charge in [-0.3, -0.25) is 0 Å². The molecule has 0 aliphatic heterocycles. The van der Waals surface area contributed by atoms with Gasteiger partial charge in [0.2, 0.25) is 0 Å². The molecule has 20 heavy (non-hydrogen) atoms. The number of hydrogen-bond donors (Lipinski definition) is 1. The highest BCUT2D eigenvalue weighted by atomic mass is 16.5. The fourth-order valence-electron chi connectivity index (χ4n) is 1.93. The SMILES string of the molecule is COCCOc1cccc(NCCc2ccccc2)c1. The van der Waals surface area contributed by atoms with Crippen molar-refractivity contribution in [2.45, 2.75) is 6.42 Å². The van der Waals surface area contributed by atoms with E-state index in [0.717, 1.165) is 24.4 Å². The van der Waals surface area contributed by atoms with Crippen molar-refractivity contribution in [2.24, 2.45) is 0 Å². The first kappa shape index (κ1) is 14.4. The highest BCUT2D eigenvalue weighted by Gasteiger charge is 1.97. The summed E-state index contributed by atoms with van der Waals surface area (Å²) in [7, 11) is 1.67. The quantitative estimate of drug-likeness (QED) is 0.747. The Balaban J connectivity index is 1.79. The molecule has 106 valence electrons. The van der Waals surface area contributed by atoms with E-state index in [2.05, 4.69) is 29.6 Å². The van der Waals surface area contributed by atoms with Gasteiger partial charge in [0.15, 0.2) is 0 Å². The predicted octanol–water partition coefficient (Wildman–Crippen LogP) is 3.37. The van der Waals surface area contributed by atoms with Crippen LogP contribution in [0.3, 0.4) is 0 Å². The molecule has 1 N–H and O–H groups in total. The number of hydrogen-bond acceptors (Lipinski definition) is 3. The number of anilines is 1. The Morgan fingerprint density at radius 2 is 1.80 bits per heavy atom. The van der Waals surface area contributed by atoms with Crippen LogP contribution in [0.15, 0.2) is 54.6 Å². The van der Waals surface area contributed by atoms with Gasteiger partial charge >= 0.3 is 0 Å². The van der Waals surface area contributed by atoms with E-state index in [0.29, 0.717) is 13.2 Å². The fourth-order valence-corrected chi connectivity index (χ4v) is 1.93. The minimum Gasteiger partial charge on any atom is -0.491 e. The van der Waals surface area contributed by atoms with Crippen LogP contribution in [-0.2, 0) is 11.2 Å². The second-order valence-corrected chi connectivity index (χ2v) is 4.53. The highest BCUT2D eigenvalue weighted by molar-refractivity contribution is 5.48. The molecule has 0 bridgehead atoms. The minimum absolute atomic E-state index is 0.573. The summed E-state index contributed by atoms with van der Waals surface area (Å²) in [6.45, 7) is 2.08. The molecule has 0 fully saturated rings.